The lowest BCUT2D eigenvalue weighted by atomic mass is 9.67. The molecule has 0 bridgehead atoms. The maximum atomic E-state index is 2.52. The van der Waals surface area contributed by atoms with E-state index in [0.717, 1.165) is 28.4 Å². The van der Waals surface area contributed by atoms with Crippen LogP contribution in [0.5, 0.6) is 0 Å². The predicted octanol–water partition coefficient (Wildman–Crippen LogP) is 36.8. The quantitative estimate of drug-likeness (QED) is 0.121. The number of anilines is 9. The maximum absolute atomic E-state index is 2.52. The van der Waals surface area contributed by atoms with Crippen LogP contribution in [0.3, 0.4) is 0 Å². The minimum absolute atomic E-state index is 0.260. The van der Waals surface area contributed by atoms with Crippen molar-refractivity contribution in [3.63, 3.8) is 0 Å². The second kappa shape index (κ2) is 30.6. The summed E-state index contributed by atoms with van der Waals surface area (Å²) in [6, 6.07) is 196. The Labute approximate surface area is 851 Å². The molecule has 676 valence electrons. The smallest absolute Gasteiger partial charge is 0.0738 e. The third kappa shape index (κ3) is 10.5. The molecule has 23 aromatic carbocycles. The molecular formula is C142H87N3S. The molecule has 0 aliphatic heterocycles. The van der Waals surface area contributed by atoms with Crippen LogP contribution in [0.25, 0.3) is 143 Å². The van der Waals surface area contributed by atoms with E-state index in [1.54, 1.807) is 0 Å². The number of nitrogens with zero attached hydrogens (tertiary/aromatic N) is 3. The van der Waals surface area contributed by atoms with E-state index in [-0.39, 0.29) is 16.2 Å². The second-order valence-corrected chi connectivity index (χ2v) is 41.4. The molecule has 3 atom stereocenters. The van der Waals surface area contributed by atoms with Crippen LogP contribution in [-0.4, -0.2) is 0 Å². The van der Waals surface area contributed by atoms with Gasteiger partial charge in [0.25, 0.3) is 0 Å². The van der Waals surface area contributed by atoms with Gasteiger partial charge in [-0.25, -0.2) is 0 Å². The number of hydrogen-bond acceptors (Lipinski definition) is 4. The summed E-state index contributed by atoms with van der Waals surface area (Å²) in [6.45, 7) is 0. The molecule has 10 aliphatic carbocycles. The van der Waals surface area contributed by atoms with Crippen LogP contribution < -0.4 is 14.7 Å². The van der Waals surface area contributed by atoms with E-state index in [0.29, 0.717) is 0 Å². The fourth-order valence-electron chi connectivity index (χ4n) is 28.8. The first-order valence-electron chi connectivity index (χ1n) is 51.0. The summed E-state index contributed by atoms with van der Waals surface area (Å²) in [6.07, 6.45) is 0. The summed E-state index contributed by atoms with van der Waals surface area (Å²) in [7, 11) is 0. The third-order valence-electron chi connectivity index (χ3n) is 33.8. The molecule has 3 spiro atoms. The molecule has 0 fully saturated rings. The van der Waals surface area contributed by atoms with Crippen molar-refractivity contribution in [1.82, 2.24) is 0 Å². The SMILES string of the molecule is c1ccc(-c2ccc(N(c3ccccc3)c3cccc4c3-c3cccc5c3C43c4ccccc4-c4cccc-5c43)cc2)cc1.c1ccc(N(c2ccc3c(c2)-c2cccc4c2C32c3ccccc3-c3cccc-4c32)c2cccc3sc4ccccc4c23)cc1.c1ccc(N(c2ccc3c(c2)C(c2ccccc2)(c2ccccc2)c2ccccc2-3)c2cccc3c2-c2cccc4c2C32c3ccccc3-c3cccc-4c32)cc1. The van der Waals surface area contributed by atoms with E-state index >= 15 is 0 Å². The molecule has 0 N–H and O–H groups in total. The van der Waals surface area contributed by atoms with Crippen molar-refractivity contribution < 1.29 is 0 Å². The molecule has 0 saturated heterocycles. The Kier molecular flexibility index (Phi) is 17.1. The lowest BCUT2D eigenvalue weighted by molar-refractivity contribution is 0.768. The van der Waals surface area contributed by atoms with Gasteiger partial charge in [0.15, 0.2) is 0 Å². The maximum Gasteiger partial charge on any atom is 0.0738 e. The van der Waals surface area contributed by atoms with Gasteiger partial charge in [-0.2, -0.15) is 0 Å². The molecule has 4 heteroatoms. The van der Waals surface area contributed by atoms with Gasteiger partial charge in [-0.1, -0.05) is 425 Å². The molecule has 0 saturated carbocycles. The van der Waals surface area contributed by atoms with Crippen LogP contribution in [0, 0.1) is 0 Å². The molecule has 10 aliphatic rings. The summed E-state index contributed by atoms with van der Waals surface area (Å²) in [5.41, 5.74) is 60.8. The molecular weight excluding hydrogens is 1780 g/mol. The van der Waals surface area contributed by atoms with Crippen LogP contribution in [0.4, 0.5) is 51.2 Å². The zero-order valence-corrected chi connectivity index (χ0v) is 80.3. The minimum Gasteiger partial charge on any atom is -0.310 e. The lowest BCUT2D eigenvalue weighted by Crippen LogP contribution is -2.28. The summed E-state index contributed by atoms with van der Waals surface area (Å²) in [5.74, 6) is 0. The van der Waals surface area contributed by atoms with Crippen LogP contribution >= 0.6 is 11.3 Å². The Morgan fingerprint density at radius 2 is 0.425 bits per heavy atom. The highest BCUT2D eigenvalue weighted by molar-refractivity contribution is 7.26. The van der Waals surface area contributed by atoms with Crippen LogP contribution in [0.2, 0.25) is 0 Å². The monoisotopic (exact) mass is 1870 g/mol. The van der Waals surface area contributed by atoms with Crippen molar-refractivity contribution >= 4 is 82.7 Å². The highest BCUT2D eigenvalue weighted by Crippen LogP contribution is 2.76. The van der Waals surface area contributed by atoms with Crippen LogP contribution in [0.15, 0.2) is 528 Å². The minimum atomic E-state index is -0.495. The predicted molar refractivity (Wildman–Crippen MR) is 605 cm³/mol. The largest absolute Gasteiger partial charge is 0.310 e. The fraction of sp³-hybridized carbons (Fsp3) is 0.0282. The Bertz CT molecular complexity index is 9620. The summed E-state index contributed by atoms with van der Waals surface area (Å²) >= 11 is 1.87. The Hall–Kier alpha value is -18.3. The average molecular weight is 1870 g/mol. The van der Waals surface area contributed by atoms with E-state index < -0.39 is 5.41 Å². The standard InChI is InChI=1S/C56H35N.C43H25NS.C43H27N/c1-4-17-36(18-5-1)55(37-19-6-2-7-20-37)47-29-12-10-23-40(47)42-34-33-39(35-50(42)55)57(38-21-8-3-9-22-38)51-32-16-31-49-52(51)46-28-15-27-45-44-26-14-25-43-41-24-11-13-30-48(41)56(49,53(43)44)54(45)46;1-2-11-26(12-3-1)44(37-20-10-22-39-40(37)33-14-5-7-21-38(33)45-39)27-23-24-36-34(25-27)32-18-9-17-31-30-16-8-15-29-28-13-4-6-19-35(28)43(36,41(29)30)42(31)32;1-3-12-28(13-4-1)29-24-26-31(27-25-29)44(30-14-5-2-6-15-30)39-23-11-22-38-40(39)36-20-10-19-35-34-18-9-17-33-32-16-7-8-21-37(32)43(38,41(33)34)42(35)36/h1-35H;1-25H;1-27H. The first kappa shape index (κ1) is 81.4. The van der Waals surface area contributed by atoms with Gasteiger partial charge in [0.2, 0.25) is 0 Å². The zero-order chi connectivity index (χ0) is 95.4. The Morgan fingerprint density at radius 1 is 0.151 bits per heavy atom. The van der Waals surface area contributed by atoms with Gasteiger partial charge in [0.05, 0.1) is 38.7 Å². The summed E-state index contributed by atoms with van der Waals surface area (Å²) < 4.78 is 2.63. The first-order valence-corrected chi connectivity index (χ1v) is 51.8. The van der Waals surface area contributed by atoms with Gasteiger partial charge in [-0.15, -0.1) is 11.3 Å². The number of benzene rings is 23. The van der Waals surface area contributed by atoms with Gasteiger partial charge >= 0.3 is 0 Å². The molecule has 1 heterocycles. The van der Waals surface area contributed by atoms with Crippen LogP contribution in [0.1, 0.15) is 89.0 Å². The van der Waals surface area contributed by atoms with Gasteiger partial charge in [-0.05, 0) is 303 Å². The number of para-hydroxylation sites is 3. The van der Waals surface area contributed by atoms with Crippen molar-refractivity contribution in [2.75, 3.05) is 14.7 Å². The fourth-order valence-corrected chi connectivity index (χ4v) is 29.9. The molecule has 24 aromatic rings. The topological polar surface area (TPSA) is 9.72 Å². The van der Waals surface area contributed by atoms with Gasteiger partial charge < -0.3 is 14.7 Å². The van der Waals surface area contributed by atoms with Crippen molar-refractivity contribution in [1.29, 1.82) is 0 Å². The summed E-state index contributed by atoms with van der Waals surface area (Å²) in [5, 5.41) is 2.62. The van der Waals surface area contributed by atoms with Gasteiger partial charge in [0.1, 0.15) is 0 Å². The molecule has 0 amide bonds. The molecule has 3 unspecified atom stereocenters. The van der Waals surface area contributed by atoms with Gasteiger partial charge in [-0.3, -0.25) is 0 Å². The van der Waals surface area contributed by atoms with Crippen molar-refractivity contribution in [3.8, 4) is 122 Å². The van der Waals surface area contributed by atoms with E-state index in [1.807, 2.05) is 11.3 Å². The zero-order valence-electron chi connectivity index (χ0n) is 79.5. The van der Waals surface area contributed by atoms with Crippen molar-refractivity contribution in [3.05, 3.63) is 617 Å². The van der Waals surface area contributed by atoms with Crippen molar-refractivity contribution in [2.24, 2.45) is 0 Å². The second-order valence-electron chi connectivity index (χ2n) is 40.3. The summed E-state index contributed by atoms with van der Waals surface area (Å²) in [4.78, 5) is 7.43. The Morgan fingerprint density at radius 3 is 0.890 bits per heavy atom. The molecule has 1 aromatic heterocycles. The third-order valence-corrected chi connectivity index (χ3v) is 35.0. The molecule has 146 heavy (non-hydrogen) atoms. The highest BCUT2D eigenvalue weighted by Gasteiger charge is 2.62. The van der Waals surface area contributed by atoms with E-state index in [9.17, 15) is 0 Å². The number of fused-ring (bicyclic) bond motifs is 21. The highest BCUT2D eigenvalue weighted by atomic mass is 32.1. The molecule has 34 rings (SSSR count). The van der Waals surface area contributed by atoms with Crippen molar-refractivity contribution in [2.45, 2.75) is 21.7 Å². The number of rotatable bonds is 12. The number of hydrogen-bond donors (Lipinski definition) is 0. The van der Waals surface area contributed by atoms with Gasteiger partial charge in [0, 0.05) is 65.4 Å². The number of thiophene rings is 1. The van der Waals surface area contributed by atoms with E-state index in [4.69, 9.17) is 0 Å². The molecule has 0 radical (unpaired) electrons. The normalized spacial score (nSPS) is 16.1. The average Bonchev–Trinajstić information content (AvgIpc) is 1.48. The first-order chi connectivity index (χ1) is 72.5. The van der Waals surface area contributed by atoms with Crippen LogP contribution in [-0.2, 0) is 21.7 Å². The van der Waals surface area contributed by atoms with E-state index in [1.165, 1.54) is 254 Å². The molecule has 3 nitrogen and oxygen atoms in total. The lowest BCUT2D eigenvalue weighted by Gasteiger charge is -2.35. The Balaban J connectivity index is 0.0000000987. The van der Waals surface area contributed by atoms with E-state index in [2.05, 4.69) is 542 Å².